The second-order valence-corrected chi connectivity index (χ2v) is 11.5. The number of aromatic nitrogens is 4. The lowest BCUT2D eigenvalue weighted by atomic mass is 10.1. The minimum absolute atomic E-state index is 0.284. The minimum Gasteiger partial charge on any atom is -0.388 e. The van der Waals surface area contributed by atoms with Crippen LogP contribution in [0.25, 0.3) is 11.2 Å². The van der Waals surface area contributed by atoms with Gasteiger partial charge in [-0.1, -0.05) is 6.92 Å². The van der Waals surface area contributed by atoms with E-state index in [2.05, 4.69) is 34.6 Å². The number of aliphatic hydroxyl groups is 2. The Morgan fingerprint density at radius 3 is 2.68 bits per heavy atom. The third-order valence-electron chi connectivity index (χ3n) is 4.51. The highest BCUT2D eigenvalue weighted by molar-refractivity contribution is 7.72. The van der Waals surface area contributed by atoms with E-state index in [0.717, 1.165) is 6.16 Å². The van der Waals surface area contributed by atoms with E-state index in [4.69, 9.17) is 10.5 Å². The quantitative estimate of drug-likeness (QED) is 0.665. The van der Waals surface area contributed by atoms with Gasteiger partial charge in [0.15, 0.2) is 23.2 Å². The lowest BCUT2D eigenvalue weighted by Crippen LogP contribution is -2.32. The van der Waals surface area contributed by atoms with Gasteiger partial charge in [0.2, 0.25) is 0 Å². The number of imidazole rings is 1. The molecule has 4 N–H and O–H groups in total. The van der Waals surface area contributed by atoms with Gasteiger partial charge in [-0.15, -0.1) is 13.2 Å². The summed E-state index contributed by atoms with van der Waals surface area (Å²) in [7, 11) is 0. The van der Waals surface area contributed by atoms with Crippen LogP contribution in [0.1, 0.15) is 25.4 Å². The maximum absolute atomic E-state index is 10.6. The van der Waals surface area contributed by atoms with Crippen molar-refractivity contribution in [2.24, 2.45) is 0 Å². The van der Waals surface area contributed by atoms with Crippen LogP contribution in [0.3, 0.4) is 0 Å². The zero-order valence-corrected chi connectivity index (χ0v) is 15.7. The smallest absolute Gasteiger partial charge is 0.167 e. The molecule has 25 heavy (non-hydrogen) atoms. The SMILES string of the molecule is C=P(C)(C)CC[C@H]1OC(n2c(CC)nc3c(N)ncnc32)[C@H](O)[C@@H]1O. The summed E-state index contributed by atoms with van der Waals surface area (Å²) in [5.74, 6) is 0.968. The first kappa shape index (κ1) is 18.3. The fraction of sp³-hybridized carbons (Fsp3) is 0.625. The summed E-state index contributed by atoms with van der Waals surface area (Å²) in [5, 5.41) is 21.0. The normalized spacial score (nSPS) is 27.2. The number of hydrogen-bond donors (Lipinski definition) is 3. The van der Waals surface area contributed by atoms with Gasteiger partial charge in [0.25, 0.3) is 0 Å². The van der Waals surface area contributed by atoms with Crippen molar-refractivity contribution in [3.8, 4) is 0 Å². The molecule has 9 heteroatoms. The van der Waals surface area contributed by atoms with E-state index in [1.165, 1.54) is 6.33 Å². The van der Waals surface area contributed by atoms with Crippen LogP contribution >= 0.6 is 6.89 Å². The van der Waals surface area contributed by atoms with Gasteiger partial charge in [-0.05, 0) is 25.9 Å². The molecule has 1 aliphatic rings. The molecular weight excluding hydrogens is 341 g/mol. The highest BCUT2D eigenvalue weighted by Gasteiger charge is 2.44. The number of anilines is 1. The van der Waals surface area contributed by atoms with Crippen molar-refractivity contribution in [1.29, 1.82) is 0 Å². The Morgan fingerprint density at radius 2 is 2.04 bits per heavy atom. The summed E-state index contributed by atoms with van der Waals surface area (Å²) in [6.45, 7) is 5.00. The Kier molecular flexibility index (Phi) is 4.90. The van der Waals surface area contributed by atoms with Crippen molar-refractivity contribution in [1.82, 2.24) is 19.5 Å². The van der Waals surface area contributed by atoms with Crippen LogP contribution in [0.5, 0.6) is 0 Å². The van der Waals surface area contributed by atoms with Gasteiger partial charge in [-0.3, -0.25) is 4.57 Å². The standard InChI is InChI=1S/C16H26N5O3P/c1-5-10-20-11-14(17)18-8-19-15(11)21(10)16-13(23)12(22)9(24-16)6-7-25(2,3)4/h8-9,12-13,16,22-23H,2,5-7H2,1,3-4H3,(H2,17,18,19)/t9-,12-,13-,16?/m1/s1. The van der Waals surface area contributed by atoms with Crippen LogP contribution in [0.4, 0.5) is 5.82 Å². The van der Waals surface area contributed by atoms with Crippen molar-refractivity contribution >= 4 is 30.2 Å². The molecule has 2 aromatic rings. The molecule has 0 radical (unpaired) electrons. The summed E-state index contributed by atoms with van der Waals surface area (Å²) < 4.78 is 7.76. The van der Waals surface area contributed by atoms with E-state index < -0.39 is 31.4 Å². The fourth-order valence-corrected chi connectivity index (χ4v) is 4.10. The zero-order valence-electron chi connectivity index (χ0n) is 14.8. The number of nitrogens with zero attached hydrogens (tertiary/aromatic N) is 4. The second kappa shape index (κ2) is 6.68. The van der Waals surface area contributed by atoms with Gasteiger partial charge in [-0.2, -0.15) is 0 Å². The number of hydrogen-bond acceptors (Lipinski definition) is 7. The van der Waals surface area contributed by atoms with Crippen molar-refractivity contribution in [3.63, 3.8) is 0 Å². The van der Waals surface area contributed by atoms with Gasteiger partial charge >= 0.3 is 0 Å². The van der Waals surface area contributed by atoms with Gasteiger partial charge in [0.1, 0.15) is 24.4 Å². The molecule has 3 rings (SSSR count). The molecule has 138 valence electrons. The van der Waals surface area contributed by atoms with E-state index in [-0.39, 0.29) is 5.82 Å². The maximum atomic E-state index is 10.6. The van der Waals surface area contributed by atoms with Crippen LogP contribution in [0.2, 0.25) is 0 Å². The average Bonchev–Trinajstić information content (AvgIpc) is 3.05. The number of aryl methyl sites for hydroxylation is 1. The van der Waals surface area contributed by atoms with E-state index in [9.17, 15) is 10.2 Å². The van der Waals surface area contributed by atoms with E-state index in [1.54, 1.807) is 4.57 Å². The first-order chi connectivity index (χ1) is 11.7. The van der Waals surface area contributed by atoms with Crippen LogP contribution in [-0.4, -0.2) is 73.8 Å². The largest absolute Gasteiger partial charge is 0.388 e. The fourth-order valence-electron chi connectivity index (χ4n) is 3.15. The molecular formula is C16H26N5O3P. The topological polar surface area (TPSA) is 119 Å². The molecule has 4 atom stereocenters. The molecule has 0 amide bonds. The van der Waals surface area contributed by atoms with Gasteiger partial charge in [0.05, 0.1) is 6.10 Å². The molecule has 0 aliphatic carbocycles. The molecule has 0 bridgehead atoms. The lowest BCUT2D eigenvalue weighted by Gasteiger charge is -2.19. The third-order valence-corrected chi connectivity index (χ3v) is 5.97. The minimum atomic E-state index is -1.23. The van der Waals surface area contributed by atoms with E-state index >= 15 is 0 Å². The molecule has 0 saturated carbocycles. The molecule has 1 fully saturated rings. The van der Waals surface area contributed by atoms with Crippen LogP contribution in [-0.2, 0) is 11.2 Å². The molecule has 8 nitrogen and oxygen atoms in total. The van der Waals surface area contributed by atoms with Crippen molar-refractivity contribution in [2.75, 3.05) is 25.2 Å². The molecule has 0 aromatic carbocycles. The Labute approximate surface area is 147 Å². The zero-order chi connectivity index (χ0) is 18.4. The van der Waals surface area contributed by atoms with Crippen molar-refractivity contribution in [2.45, 2.75) is 44.3 Å². The first-order valence-electron chi connectivity index (χ1n) is 8.39. The number of ether oxygens (including phenoxy) is 1. The molecule has 3 heterocycles. The van der Waals surface area contributed by atoms with Gasteiger partial charge in [-0.25, -0.2) is 15.0 Å². The Bertz CT molecular complexity index is 817. The van der Waals surface area contributed by atoms with Crippen LogP contribution < -0.4 is 5.73 Å². The summed E-state index contributed by atoms with van der Waals surface area (Å²) in [5.41, 5.74) is 6.88. The second-order valence-electron chi connectivity index (χ2n) is 7.18. The Balaban J connectivity index is 1.95. The van der Waals surface area contributed by atoms with E-state index in [0.29, 0.717) is 29.8 Å². The Morgan fingerprint density at radius 1 is 1.32 bits per heavy atom. The monoisotopic (exact) mass is 367 g/mol. The molecule has 0 spiro atoms. The number of aliphatic hydroxyl groups excluding tert-OH is 2. The average molecular weight is 367 g/mol. The number of fused-ring (bicyclic) bond motifs is 1. The molecule has 1 saturated heterocycles. The lowest BCUT2D eigenvalue weighted by molar-refractivity contribution is -0.0367. The van der Waals surface area contributed by atoms with E-state index in [1.807, 2.05) is 6.92 Å². The van der Waals surface area contributed by atoms with Crippen molar-refractivity contribution < 1.29 is 14.9 Å². The predicted octanol–water partition coefficient (Wildman–Crippen LogP) is 0.689. The summed E-state index contributed by atoms with van der Waals surface area (Å²) in [6.07, 6.45) is 4.49. The number of rotatable bonds is 5. The Hall–Kier alpha value is -1.47. The molecule has 1 aliphatic heterocycles. The summed E-state index contributed by atoms with van der Waals surface area (Å²) in [6, 6.07) is 0. The first-order valence-corrected chi connectivity index (χ1v) is 11.4. The van der Waals surface area contributed by atoms with Gasteiger partial charge in [0, 0.05) is 6.42 Å². The van der Waals surface area contributed by atoms with Gasteiger partial charge < -0.3 is 20.7 Å². The predicted molar refractivity (Wildman–Crippen MR) is 100 cm³/mol. The third kappa shape index (κ3) is 3.44. The number of nitrogens with two attached hydrogens (primary N) is 1. The van der Waals surface area contributed by atoms with Crippen molar-refractivity contribution in [3.05, 3.63) is 12.2 Å². The highest BCUT2D eigenvalue weighted by Crippen LogP contribution is 2.40. The summed E-state index contributed by atoms with van der Waals surface area (Å²) >= 11 is 0. The van der Waals surface area contributed by atoms with Crippen LogP contribution in [0, 0.1) is 0 Å². The van der Waals surface area contributed by atoms with Crippen LogP contribution in [0.15, 0.2) is 6.33 Å². The highest BCUT2D eigenvalue weighted by atomic mass is 31.2. The molecule has 2 aromatic heterocycles. The summed E-state index contributed by atoms with van der Waals surface area (Å²) in [4.78, 5) is 12.7. The molecule has 1 unspecified atom stereocenters. The maximum Gasteiger partial charge on any atom is 0.167 e. The number of nitrogen functional groups attached to an aromatic ring is 1.